The van der Waals surface area contributed by atoms with Gasteiger partial charge in [-0.05, 0) is 12.8 Å². The fraction of sp³-hybridized carbons (Fsp3) is 0.556. The zero-order valence-electron chi connectivity index (χ0n) is 7.44. The molecule has 4 heteroatoms. The molecule has 0 saturated heterocycles. The summed E-state index contributed by atoms with van der Waals surface area (Å²) in [7, 11) is 0. The minimum absolute atomic E-state index is 0.234. The van der Waals surface area contributed by atoms with Crippen LogP contribution in [0.1, 0.15) is 12.8 Å². The van der Waals surface area contributed by atoms with E-state index in [0.29, 0.717) is 19.0 Å². The van der Waals surface area contributed by atoms with Gasteiger partial charge in [0.1, 0.15) is 0 Å². The molecule has 0 atom stereocenters. The van der Waals surface area contributed by atoms with Gasteiger partial charge in [-0.25, -0.2) is 4.98 Å². The molecule has 4 nitrogen and oxygen atoms in total. The van der Waals surface area contributed by atoms with Crippen LogP contribution in [-0.2, 0) is 0 Å². The molecule has 1 heterocycles. The summed E-state index contributed by atoms with van der Waals surface area (Å²) in [5.74, 6) is 0.585. The molecule has 2 rings (SSSR count). The van der Waals surface area contributed by atoms with E-state index in [0.717, 1.165) is 0 Å². The Morgan fingerprint density at radius 2 is 2.31 bits per heavy atom. The topological polar surface area (TPSA) is 61.0 Å². The minimum atomic E-state index is 0.234. The Bertz CT molecular complexity index is 271. The van der Waals surface area contributed by atoms with E-state index in [9.17, 15) is 0 Å². The first-order valence-corrected chi connectivity index (χ1v) is 4.44. The smallest absolute Gasteiger partial charge is 0.232 e. The average molecular weight is 179 g/mol. The molecule has 1 aromatic rings. The molecule has 1 aromatic heterocycles. The lowest BCUT2D eigenvalue weighted by molar-refractivity contribution is 0.230. The van der Waals surface area contributed by atoms with Crippen LogP contribution in [0.4, 0.5) is 0 Å². The maximum Gasteiger partial charge on any atom is 0.232 e. The first-order valence-electron chi connectivity index (χ1n) is 4.44. The molecule has 1 fully saturated rings. The number of hydrogen-bond donors (Lipinski definition) is 1. The van der Waals surface area contributed by atoms with Crippen molar-refractivity contribution in [3.63, 3.8) is 0 Å². The van der Waals surface area contributed by atoms with E-state index in [2.05, 4.69) is 9.97 Å². The van der Waals surface area contributed by atoms with Gasteiger partial charge in [0.15, 0.2) is 0 Å². The standard InChI is InChI=1S/C9H13N3O/c10-6-9(1-2-9)7-13-8-5-11-3-4-12-8/h3-5H,1-2,6-7,10H2. The Kier molecular flexibility index (Phi) is 2.14. The van der Waals surface area contributed by atoms with Gasteiger partial charge in [0.05, 0.1) is 12.8 Å². The maximum atomic E-state index is 5.62. The summed E-state index contributed by atoms with van der Waals surface area (Å²) in [4.78, 5) is 7.93. The second-order valence-electron chi connectivity index (χ2n) is 3.54. The quantitative estimate of drug-likeness (QED) is 0.735. The monoisotopic (exact) mass is 179 g/mol. The fourth-order valence-corrected chi connectivity index (χ4v) is 1.17. The van der Waals surface area contributed by atoms with E-state index in [1.165, 1.54) is 12.8 Å². The van der Waals surface area contributed by atoms with E-state index in [1.54, 1.807) is 18.6 Å². The Balaban J connectivity index is 1.86. The summed E-state index contributed by atoms with van der Waals surface area (Å²) in [6.07, 6.45) is 7.21. The average Bonchev–Trinajstić information content (AvgIpc) is 2.97. The lowest BCUT2D eigenvalue weighted by Crippen LogP contribution is -2.23. The van der Waals surface area contributed by atoms with Gasteiger partial charge in [-0.1, -0.05) is 0 Å². The van der Waals surface area contributed by atoms with E-state index < -0.39 is 0 Å². The third kappa shape index (κ3) is 1.95. The van der Waals surface area contributed by atoms with Gasteiger partial charge >= 0.3 is 0 Å². The number of ether oxygens (including phenoxy) is 1. The van der Waals surface area contributed by atoms with Crippen LogP contribution in [0.25, 0.3) is 0 Å². The van der Waals surface area contributed by atoms with Crippen LogP contribution in [0.5, 0.6) is 5.88 Å². The van der Waals surface area contributed by atoms with Crippen molar-refractivity contribution in [3.05, 3.63) is 18.6 Å². The highest BCUT2D eigenvalue weighted by Gasteiger charge is 2.42. The van der Waals surface area contributed by atoms with Crippen molar-refractivity contribution >= 4 is 0 Å². The molecule has 1 aliphatic carbocycles. The van der Waals surface area contributed by atoms with Gasteiger partial charge in [0, 0.05) is 24.4 Å². The maximum absolute atomic E-state index is 5.62. The highest BCUT2D eigenvalue weighted by atomic mass is 16.5. The molecule has 0 aliphatic heterocycles. The van der Waals surface area contributed by atoms with Crippen molar-refractivity contribution < 1.29 is 4.74 Å². The predicted octanol–water partition coefficient (Wildman–Crippen LogP) is 0.594. The summed E-state index contributed by atoms with van der Waals surface area (Å²) >= 11 is 0. The van der Waals surface area contributed by atoms with E-state index in [-0.39, 0.29) is 5.41 Å². The van der Waals surface area contributed by atoms with E-state index in [4.69, 9.17) is 10.5 Å². The van der Waals surface area contributed by atoms with Gasteiger partial charge < -0.3 is 10.5 Å². The minimum Gasteiger partial charge on any atom is -0.476 e. The highest BCUT2D eigenvalue weighted by Crippen LogP contribution is 2.44. The summed E-state index contributed by atoms with van der Waals surface area (Å²) in [6.45, 7) is 1.37. The third-order valence-electron chi connectivity index (χ3n) is 2.46. The van der Waals surface area contributed by atoms with Crippen LogP contribution in [0.15, 0.2) is 18.6 Å². The number of aromatic nitrogens is 2. The Morgan fingerprint density at radius 3 is 2.85 bits per heavy atom. The number of nitrogens with zero attached hydrogens (tertiary/aromatic N) is 2. The molecule has 1 aliphatic rings. The van der Waals surface area contributed by atoms with Crippen LogP contribution in [0.3, 0.4) is 0 Å². The second kappa shape index (κ2) is 3.30. The largest absolute Gasteiger partial charge is 0.476 e. The van der Waals surface area contributed by atoms with Gasteiger partial charge in [-0.2, -0.15) is 0 Å². The van der Waals surface area contributed by atoms with Gasteiger partial charge in [-0.3, -0.25) is 4.98 Å². The van der Waals surface area contributed by atoms with E-state index in [1.807, 2.05) is 0 Å². The molecule has 1 saturated carbocycles. The van der Waals surface area contributed by atoms with Gasteiger partial charge in [0.25, 0.3) is 0 Å². The first-order chi connectivity index (χ1) is 6.35. The van der Waals surface area contributed by atoms with Crippen molar-refractivity contribution in [1.29, 1.82) is 0 Å². The predicted molar refractivity (Wildman–Crippen MR) is 48.2 cm³/mol. The zero-order chi connectivity index (χ0) is 9.15. The van der Waals surface area contributed by atoms with Crippen molar-refractivity contribution in [2.24, 2.45) is 11.1 Å². The normalized spacial score (nSPS) is 18.2. The van der Waals surface area contributed by atoms with Crippen LogP contribution in [0.2, 0.25) is 0 Å². The summed E-state index contributed by atoms with van der Waals surface area (Å²) in [5.41, 5.74) is 5.85. The summed E-state index contributed by atoms with van der Waals surface area (Å²) < 4.78 is 5.47. The van der Waals surface area contributed by atoms with Crippen molar-refractivity contribution in [2.75, 3.05) is 13.2 Å². The second-order valence-corrected chi connectivity index (χ2v) is 3.54. The Labute approximate surface area is 77.1 Å². The molecule has 0 bridgehead atoms. The Morgan fingerprint density at radius 1 is 1.46 bits per heavy atom. The molecular weight excluding hydrogens is 166 g/mol. The number of nitrogens with two attached hydrogens (primary N) is 1. The fourth-order valence-electron chi connectivity index (χ4n) is 1.17. The number of rotatable bonds is 4. The molecular formula is C9H13N3O. The van der Waals surface area contributed by atoms with Crippen LogP contribution < -0.4 is 10.5 Å². The highest BCUT2D eigenvalue weighted by molar-refractivity contribution is 5.03. The molecule has 0 spiro atoms. The molecule has 0 radical (unpaired) electrons. The van der Waals surface area contributed by atoms with Gasteiger partial charge in [-0.15, -0.1) is 0 Å². The lowest BCUT2D eigenvalue weighted by Gasteiger charge is -2.12. The first kappa shape index (κ1) is 8.44. The molecule has 13 heavy (non-hydrogen) atoms. The SMILES string of the molecule is NCC1(COc2cnccn2)CC1. The molecule has 0 aromatic carbocycles. The molecule has 70 valence electrons. The molecule has 0 unspecified atom stereocenters. The molecule has 2 N–H and O–H groups in total. The van der Waals surface area contributed by atoms with Crippen LogP contribution >= 0.6 is 0 Å². The van der Waals surface area contributed by atoms with Crippen molar-refractivity contribution in [3.8, 4) is 5.88 Å². The van der Waals surface area contributed by atoms with Crippen LogP contribution in [-0.4, -0.2) is 23.1 Å². The summed E-state index contributed by atoms with van der Waals surface area (Å²) in [6, 6.07) is 0. The van der Waals surface area contributed by atoms with E-state index >= 15 is 0 Å². The zero-order valence-corrected chi connectivity index (χ0v) is 7.44. The Hall–Kier alpha value is -1.16. The third-order valence-corrected chi connectivity index (χ3v) is 2.46. The van der Waals surface area contributed by atoms with Crippen LogP contribution in [0, 0.1) is 5.41 Å². The summed E-state index contributed by atoms with van der Waals surface area (Å²) in [5, 5.41) is 0. The number of hydrogen-bond acceptors (Lipinski definition) is 4. The van der Waals surface area contributed by atoms with Gasteiger partial charge in [0.2, 0.25) is 5.88 Å². The van der Waals surface area contributed by atoms with Crippen molar-refractivity contribution in [2.45, 2.75) is 12.8 Å². The molecule has 0 amide bonds. The van der Waals surface area contributed by atoms with Crippen molar-refractivity contribution in [1.82, 2.24) is 9.97 Å². The lowest BCUT2D eigenvalue weighted by atomic mass is 10.1.